The molecule has 0 radical (unpaired) electrons. The van der Waals surface area contributed by atoms with Gasteiger partial charge in [-0.3, -0.25) is 14.9 Å². The maximum absolute atomic E-state index is 12.0. The Bertz CT molecular complexity index is 583. The summed E-state index contributed by atoms with van der Waals surface area (Å²) in [7, 11) is 0. The number of aromatic nitrogens is 1. The number of benzene rings is 1. The number of hydrogen-bond donors (Lipinski definition) is 0. The number of carbonyl (C=O) groups excluding carboxylic acids is 1. The molecule has 0 unspecified atom stereocenters. The van der Waals surface area contributed by atoms with E-state index >= 15 is 0 Å². The fraction of sp³-hybridized carbons (Fsp3) is 0. The summed E-state index contributed by atoms with van der Waals surface area (Å²) in [6, 6.07) is 3.87. The normalized spacial score (nSPS) is 10.2. The van der Waals surface area contributed by atoms with Crippen molar-refractivity contribution in [3.8, 4) is 0 Å². The molecule has 0 saturated heterocycles. The van der Waals surface area contributed by atoms with Gasteiger partial charge in [-0.25, -0.2) is 4.98 Å². The minimum Gasteiger partial charge on any atom is -0.286 e. The van der Waals surface area contributed by atoms with E-state index in [1.807, 2.05) is 0 Å². The minimum absolute atomic E-state index is 0.0440. The number of nitro groups is 1. The Morgan fingerprint density at radius 1 is 1.47 bits per heavy atom. The largest absolute Gasteiger partial charge is 0.286 e. The Balaban J connectivity index is 2.54. The smallest absolute Gasteiger partial charge is 0.280 e. The number of rotatable bonds is 3. The zero-order chi connectivity index (χ0) is 12.4. The van der Waals surface area contributed by atoms with Gasteiger partial charge in [-0.1, -0.05) is 11.6 Å². The van der Waals surface area contributed by atoms with Gasteiger partial charge in [0.25, 0.3) is 5.69 Å². The first-order valence-corrected chi connectivity index (χ1v) is 5.73. The molecule has 1 aromatic heterocycles. The quantitative estimate of drug-likeness (QED) is 0.487. The van der Waals surface area contributed by atoms with Crippen LogP contribution in [0.1, 0.15) is 15.4 Å². The molecule has 0 amide bonds. The lowest BCUT2D eigenvalue weighted by Crippen LogP contribution is -2.05. The summed E-state index contributed by atoms with van der Waals surface area (Å²) >= 11 is 6.86. The molecule has 2 rings (SSSR count). The predicted molar refractivity (Wildman–Crippen MR) is 63.7 cm³/mol. The highest BCUT2D eigenvalue weighted by Gasteiger charge is 2.23. The fourth-order valence-corrected chi connectivity index (χ4v) is 2.06. The van der Waals surface area contributed by atoms with E-state index in [0.717, 1.165) is 11.3 Å². The topological polar surface area (TPSA) is 73.1 Å². The van der Waals surface area contributed by atoms with Crippen LogP contribution < -0.4 is 0 Å². The number of halogens is 1. The summed E-state index contributed by atoms with van der Waals surface area (Å²) in [6.45, 7) is 0. The van der Waals surface area contributed by atoms with Crippen LogP contribution in [0.2, 0.25) is 5.02 Å². The Labute approximate surface area is 105 Å². The third-order valence-corrected chi connectivity index (χ3v) is 3.03. The van der Waals surface area contributed by atoms with Crippen molar-refractivity contribution in [2.45, 2.75) is 0 Å². The number of ketones is 1. The van der Waals surface area contributed by atoms with Crippen molar-refractivity contribution < 1.29 is 9.72 Å². The van der Waals surface area contributed by atoms with Crippen molar-refractivity contribution in [1.29, 1.82) is 0 Å². The second-order valence-electron chi connectivity index (χ2n) is 3.08. The van der Waals surface area contributed by atoms with E-state index in [1.54, 1.807) is 5.38 Å². The molecule has 0 atom stereocenters. The molecule has 0 aliphatic rings. The van der Waals surface area contributed by atoms with Crippen LogP contribution in [0.15, 0.2) is 29.8 Å². The van der Waals surface area contributed by atoms with Crippen LogP contribution >= 0.6 is 22.9 Å². The lowest BCUT2D eigenvalue weighted by molar-refractivity contribution is -0.385. The Morgan fingerprint density at radius 3 is 2.82 bits per heavy atom. The van der Waals surface area contributed by atoms with Gasteiger partial charge >= 0.3 is 0 Å². The van der Waals surface area contributed by atoms with Crippen molar-refractivity contribution in [3.63, 3.8) is 0 Å². The number of thiazole rings is 1. The second kappa shape index (κ2) is 4.60. The number of carbonyl (C=O) groups is 1. The zero-order valence-electron chi connectivity index (χ0n) is 8.29. The maximum atomic E-state index is 12.0. The zero-order valence-corrected chi connectivity index (χ0v) is 9.86. The Hall–Kier alpha value is -1.79. The monoisotopic (exact) mass is 268 g/mol. The van der Waals surface area contributed by atoms with Crippen LogP contribution in [-0.2, 0) is 0 Å². The van der Waals surface area contributed by atoms with Crippen LogP contribution in [0.4, 0.5) is 5.69 Å². The third-order valence-electron chi connectivity index (χ3n) is 2.03. The van der Waals surface area contributed by atoms with Gasteiger partial charge in [-0.15, -0.1) is 11.3 Å². The van der Waals surface area contributed by atoms with Crippen molar-refractivity contribution in [2.24, 2.45) is 0 Å². The van der Waals surface area contributed by atoms with Gasteiger partial charge in [-0.2, -0.15) is 0 Å². The first kappa shape index (κ1) is 11.7. The average molecular weight is 269 g/mol. The summed E-state index contributed by atoms with van der Waals surface area (Å²) in [5, 5.41) is 12.9. The molecule has 7 heteroatoms. The first-order valence-electron chi connectivity index (χ1n) is 4.47. The van der Waals surface area contributed by atoms with E-state index in [1.165, 1.54) is 24.4 Å². The Kier molecular flexibility index (Phi) is 3.16. The highest BCUT2D eigenvalue weighted by atomic mass is 35.5. The van der Waals surface area contributed by atoms with E-state index in [9.17, 15) is 14.9 Å². The fourth-order valence-electron chi connectivity index (χ4n) is 1.30. The van der Waals surface area contributed by atoms with Crippen molar-refractivity contribution >= 4 is 34.4 Å². The molecule has 0 N–H and O–H groups in total. The maximum Gasteiger partial charge on any atom is 0.280 e. The second-order valence-corrected chi connectivity index (χ2v) is 4.42. The van der Waals surface area contributed by atoms with Crippen LogP contribution in [0.5, 0.6) is 0 Å². The summed E-state index contributed by atoms with van der Waals surface area (Å²) in [5.41, 5.74) is -0.313. The van der Waals surface area contributed by atoms with Gasteiger partial charge in [0.2, 0.25) is 5.78 Å². The van der Waals surface area contributed by atoms with Crippen molar-refractivity contribution in [3.05, 3.63) is 55.5 Å². The standard InChI is InChI=1S/C10H5ClN2O3S/c11-6-1-2-8(13(15)16)7(5-6)9(14)10-12-3-4-17-10/h1-5H. The Morgan fingerprint density at radius 2 is 2.24 bits per heavy atom. The number of nitrogens with zero attached hydrogens (tertiary/aromatic N) is 2. The molecule has 1 aromatic carbocycles. The van der Waals surface area contributed by atoms with Gasteiger partial charge in [-0.05, 0) is 12.1 Å². The molecule has 0 bridgehead atoms. The molecule has 5 nitrogen and oxygen atoms in total. The van der Waals surface area contributed by atoms with Gasteiger partial charge in [0, 0.05) is 22.7 Å². The number of hydrogen-bond acceptors (Lipinski definition) is 5. The average Bonchev–Trinajstić information content (AvgIpc) is 2.80. The molecular weight excluding hydrogens is 264 g/mol. The molecular formula is C10H5ClN2O3S. The predicted octanol–water partition coefficient (Wildman–Crippen LogP) is 2.94. The van der Waals surface area contributed by atoms with Crippen LogP contribution in [-0.4, -0.2) is 15.7 Å². The van der Waals surface area contributed by atoms with Crippen LogP contribution in [0.3, 0.4) is 0 Å². The minimum atomic E-state index is -0.614. The highest BCUT2D eigenvalue weighted by molar-refractivity contribution is 7.11. The summed E-state index contributed by atoms with van der Waals surface area (Å²) in [5.74, 6) is -0.491. The van der Waals surface area contributed by atoms with E-state index < -0.39 is 10.7 Å². The van der Waals surface area contributed by atoms with E-state index in [2.05, 4.69) is 4.98 Å². The van der Waals surface area contributed by atoms with Gasteiger partial charge in [0.1, 0.15) is 5.56 Å². The summed E-state index contributed by atoms with van der Waals surface area (Å²) in [6.07, 6.45) is 1.47. The molecule has 0 aliphatic heterocycles. The lowest BCUT2D eigenvalue weighted by Gasteiger charge is -2.00. The van der Waals surface area contributed by atoms with Crippen molar-refractivity contribution in [2.75, 3.05) is 0 Å². The van der Waals surface area contributed by atoms with Gasteiger partial charge in [0.05, 0.1) is 4.92 Å². The van der Waals surface area contributed by atoms with Gasteiger partial charge in [0.15, 0.2) is 5.01 Å². The van der Waals surface area contributed by atoms with E-state index in [0.29, 0.717) is 0 Å². The highest BCUT2D eigenvalue weighted by Crippen LogP contribution is 2.25. The number of nitro benzene ring substituents is 1. The lowest BCUT2D eigenvalue weighted by atomic mass is 10.1. The molecule has 0 aliphatic carbocycles. The third kappa shape index (κ3) is 2.32. The van der Waals surface area contributed by atoms with E-state index in [-0.39, 0.29) is 21.3 Å². The molecule has 17 heavy (non-hydrogen) atoms. The first-order chi connectivity index (χ1) is 8.09. The van der Waals surface area contributed by atoms with Gasteiger partial charge < -0.3 is 0 Å². The van der Waals surface area contributed by atoms with Crippen LogP contribution in [0.25, 0.3) is 0 Å². The van der Waals surface area contributed by atoms with Crippen LogP contribution in [0, 0.1) is 10.1 Å². The molecule has 0 fully saturated rings. The molecule has 0 saturated carbocycles. The molecule has 0 spiro atoms. The van der Waals surface area contributed by atoms with Crippen molar-refractivity contribution in [1.82, 2.24) is 4.98 Å². The SMILES string of the molecule is O=C(c1nccs1)c1cc(Cl)ccc1[N+](=O)[O-]. The molecule has 2 aromatic rings. The van der Waals surface area contributed by atoms with E-state index in [4.69, 9.17) is 11.6 Å². The molecule has 86 valence electrons. The summed E-state index contributed by atoms with van der Waals surface area (Å²) in [4.78, 5) is 26.0. The molecule has 1 heterocycles. The summed E-state index contributed by atoms with van der Waals surface area (Å²) < 4.78 is 0.